The molecule has 0 radical (unpaired) electrons. The first-order valence-corrected chi connectivity index (χ1v) is 4.47. The van der Waals surface area contributed by atoms with Gasteiger partial charge in [-0.15, -0.1) is 0 Å². The molecule has 0 bridgehead atoms. The molecule has 12 heavy (non-hydrogen) atoms. The molecule has 0 aliphatic rings. The smallest absolute Gasteiger partial charge is 0.137 e. The summed E-state index contributed by atoms with van der Waals surface area (Å²) in [4.78, 5) is 10.3. The lowest BCUT2D eigenvalue weighted by molar-refractivity contribution is -0.108. The second-order valence-electron chi connectivity index (χ2n) is 2.63. The van der Waals surface area contributed by atoms with Gasteiger partial charge in [0.15, 0.2) is 0 Å². The normalized spacial score (nSPS) is 12.5. The Kier molecular flexibility index (Phi) is 3.44. The molecule has 0 aliphatic carbocycles. The lowest BCUT2D eigenvalue weighted by Gasteiger charge is -2.03. The maximum atomic E-state index is 10.3. The van der Waals surface area contributed by atoms with E-state index >= 15 is 0 Å². The first-order chi connectivity index (χ1) is 5.72. The molecule has 0 aliphatic heterocycles. The Labute approximate surface area is 79.9 Å². The molecule has 0 aromatic heterocycles. The Morgan fingerprint density at radius 1 is 1.58 bits per heavy atom. The Balaban J connectivity index is 2.69. The van der Waals surface area contributed by atoms with Gasteiger partial charge < -0.3 is 10.5 Å². The fourth-order valence-electron chi connectivity index (χ4n) is 0.984. The highest BCUT2D eigenvalue weighted by Crippen LogP contribution is 2.12. The van der Waals surface area contributed by atoms with E-state index in [1.807, 2.05) is 24.3 Å². The fraction of sp³-hybridized carbons (Fsp3) is 0.222. The van der Waals surface area contributed by atoms with Crippen LogP contribution in [0.5, 0.6) is 0 Å². The van der Waals surface area contributed by atoms with Gasteiger partial charge in [0.25, 0.3) is 0 Å². The average molecular weight is 228 g/mol. The number of carbonyl (C=O) groups is 1. The molecule has 1 atom stereocenters. The summed E-state index contributed by atoms with van der Waals surface area (Å²) in [5.41, 5.74) is 6.54. The molecule has 0 saturated heterocycles. The van der Waals surface area contributed by atoms with Crippen molar-refractivity contribution in [3.8, 4) is 0 Å². The minimum atomic E-state index is -0.390. The predicted octanol–water partition coefficient (Wildman–Crippen LogP) is 1.52. The van der Waals surface area contributed by atoms with Crippen LogP contribution < -0.4 is 5.73 Å². The van der Waals surface area contributed by atoms with Crippen molar-refractivity contribution < 1.29 is 4.79 Å². The van der Waals surface area contributed by atoms with E-state index in [-0.39, 0.29) is 6.04 Å². The van der Waals surface area contributed by atoms with E-state index in [1.54, 1.807) is 0 Å². The largest absolute Gasteiger partial charge is 0.321 e. The first-order valence-electron chi connectivity index (χ1n) is 3.67. The summed E-state index contributed by atoms with van der Waals surface area (Å²) in [6.07, 6.45) is 1.36. The molecule has 3 heteroatoms. The van der Waals surface area contributed by atoms with Crippen molar-refractivity contribution in [2.24, 2.45) is 5.73 Å². The average Bonchev–Trinajstić information content (AvgIpc) is 2.04. The van der Waals surface area contributed by atoms with Crippen LogP contribution in [0.4, 0.5) is 0 Å². The lowest BCUT2D eigenvalue weighted by Crippen LogP contribution is -2.23. The fourth-order valence-corrected chi connectivity index (χ4v) is 1.43. The number of carbonyl (C=O) groups excluding carboxylic acids is 1. The molecule has 0 saturated carbocycles. The van der Waals surface area contributed by atoms with E-state index in [4.69, 9.17) is 5.73 Å². The number of hydrogen-bond acceptors (Lipinski definition) is 2. The van der Waals surface area contributed by atoms with Crippen LogP contribution in [0, 0.1) is 0 Å². The quantitative estimate of drug-likeness (QED) is 0.797. The van der Waals surface area contributed by atoms with Crippen molar-refractivity contribution in [3.05, 3.63) is 34.3 Å². The van der Waals surface area contributed by atoms with Gasteiger partial charge in [-0.25, -0.2) is 0 Å². The van der Waals surface area contributed by atoms with E-state index in [2.05, 4.69) is 15.9 Å². The van der Waals surface area contributed by atoms with Gasteiger partial charge in [-0.05, 0) is 24.1 Å². The van der Waals surface area contributed by atoms with Gasteiger partial charge in [-0.1, -0.05) is 28.1 Å². The second kappa shape index (κ2) is 4.38. The minimum absolute atomic E-state index is 0.390. The topological polar surface area (TPSA) is 43.1 Å². The van der Waals surface area contributed by atoms with E-state index in [0.717, 1.165) is 16.3 Å². The Morgan fingerprint density at radius 2 is 2.33 bits per heavy atom. The number of hydrogen-bond donors (Lipinski definition) is 1. The molecule has 0 amide bonds. The van der Waals surface area contributed by atoms with Crippen molar-refractivity contribution >= 4 is 22.2 Å². The molecule has 1 aromatic rings. The highest BCUT2D eigenvalue weighted by Gasteiger charge is 2.01. The minimum Gasteiger partial charge on any atom is -0.321 e. The zero-order valence-corrected chi connectivity index (χ0v) is 8.12. The maximum absolute atomic E-state index is 10.3. The SMILES string of the molecule is NC(C=O)Cc1cccc(Br)c1. The Morgan fingerprint density at radius 3 is 2.92 bits per heavy atom. The summed E-state index contributed by atoms with van der Waals surface area (Å²) in [5.74, 6) is 0. The first kappa shape index (κ1) is 9.42. The van der Waals surface area contributed by atoms with Crippen LogP contribution in [-0.2, 0) is 11.2 Å². The third-order valence-corrected chi connectivity index (χ3v) is 2.03. The molecular weight excluding hydrogens is 218 g/mol. The molecule has 0 fully saturated rings. The van der Waals surface area contributed by atoms with Gasteiger partial charge in [0.1, 0.15) is 6.29 Å². The highest BCUT2D eigenvalue weighted by atomic mass is 79.9. The number of benzene rings is 1. The van der Waals surface area contributed by atoms with Crippen molar-refractivity contribution in [1.29, 1.82) is 0 Å². The van der Waals surface area contributed by atoms with Gasteiger partial charge in [-0.2, -0.15) is 0 Å². The highest BCUT2D eigenvalue weighted by molar-refractivity contribution is 9.10. The molecule has 64 valence electrons. The Hall–Kier alpha value is -0.670. The summed E-state index contributed by atoms with van der Waals surface area (Å²) in [5, 5.41) is 0. The summed E-state index contributed by atoms with van der Waals surface area (Å²) in [6.45, 7) is 0. The lowest BCUT2D eigenvalue weighted by atomic mass is 10.1. The zero-order valence-electron chi connectivity index (χ0n) is 6.53. The monoisotopic (exact) mass is 227 g/mol. The summed E-state index contributed by atoms with van der Waals surface area (Å²) < 4.78 is 1.01. The molecule has 1 aromatic carbocycles. The Bertz CT molecular complexity index is 275. The van der Waals surface area contributed by atoms with Crippen LogP contribution >= 0.6 is 15.9 Å². The molecule has 1 unspecified atom stereocenters. The molecular formula is C9H10BrNO. The van der Waals surface area contributed by atoms with E-state index in [9.17, 15) is 4.79 Å². The van der Waals surface area contributed by atoms with Crippen LogP contribution in [-0.4, -0.2) is 12.3 Å². The predicted molar refractivity (Wildman–Crippen MR) is 51.9 cm³/mol. The van der Waals surface area contributed by atoms with Crippen LogP contribution in [0.2, 0.25) is 0 Å². The summed E-state index contributed by atoms with van der Waals surface area (Å²) >= 11 is 3.34. The van der Waals surface area contributed by atoms with Gasteiger partial charge in [0.2, 0.25) is 0 Å². The van der Waals surface area contributed by atoms with E-state index < -0.39 is 0 Å². The van der Waals surface area contributed by atoms with Gasteiger partial charge in [-0.3, -0.25) is 0 Å². The summed E-state index contributed by atoms with van der Waals surface area (Å²) in [7, 11) is 0. The van der Waals surface area contributed by atoms with Crippen molar-refractivity contribution in [2.75, 3.05) is 0 Å². The van der Waals surface area contributed by atoms with Crippen molar-refractivity contribution in [2.45, 2.75) is 12.5 Å². The number of halogens is 1. The molecule has 2 nitrogen and oxygen atoms in total. The van der Waals surface area contributed by atoms with Crippen LogP contribution in [0.3, 0.4) is 0 Å². The van der Waals surface area contributed by atoms with Gasteiger partial charge >= 0.3 is 0 Å². The molecule has 0 spiro atoms. The standard InChI is InChI=1S/C9H10BrNO/c10-8-3-1-2-7(4-8)5-9(11)6-12/h1-4,6,9H,5,11H2. The molecule has 2 N–H and O–H groups in total. The zero-order chi connectivity index (χ0) is 8.97. The number of rotatable bonds is 3. The summed E-state index contributed by atoms with van der Waals surface area (Å²) in [6, 6.07) is 7.39. The van der Waals surface area contributed by atoms with E-state index in [1.165, 1.54) is 0 Å². The molecule has 0 heterocycles. The third-order valence-electron chi connectivity index (χ3n) is 1.54. The van der Waals surface area contributed by atoms with Crippen molar-refractivity contribution in [3.63, 3.8) is 0 Å². The molecule has 1 rings (SSSR count). The van der Waals surface area contributed by atoms with Crippen LogP contribution in [0.15, 0.2) is 28.7 Å². The maximum Gasteiger partial charge on any atom is 0.137 e. The van der Waals surface area contributed by atoms with E-state index in [0.29, 0.717) is 6.42 Å². The van der Waals surface area contributed by atoms with Crippen LogP contribution in [0.25, 0.3) is 0 Å². The van der Waals surface area contributed by atoms with Gasteiger partial charge in [0.05, 0.1) is 6.04 Å². The van der Waals surface area contributed by atoms with Crippen LogP contribution in [0.1, 0.15) is 5.56 Å². The number of aldehydes is 1. The third kappa shape index (κ3) is 2.75. The second-order valence-corrected chi connectivity index (χ2v) is 3.55. The number of nitrogens with two attached hydrogens (primary N) is 1. The van der Waals surface area contributed by atoms with Gasteiger partial charge in [0, 0.05) is 4.47 Å². The van der Waals surface area contributed by atoms with Crippen molar-refractivity contribution in [1.82, 2.24) is 0 Å².